The minimum Gasteiger partial charge on any atom is -0.459 e. The molecule has 1 saturated heterocycles. The van der Waals surface area contributed by atoms with Crippen molar-refractivity contribution in [3.05, 3.63) is 24.2 Å². The molecule has 2 N–H and O–H groups in total. The fraction of sp³-hybridized carbons (Fsp3) is 0.545. The average molecular weight is 225 g/mol. The Bertz CT molecular complexity index is 341. The summed E-state index contributed by atoms with van der Waals surface area (Å²) in [7, 11) is 0. The Morgan fingerprint density at radius 3 is 2.81 bits per heavy atom. The second-order valence-corrected chi connectivity index (χ2v) is 3.98. The maximum atomic E-state index is 11.8. The van der Waals surface area contributed by atoms with Gasteiger partial charge in [-0.05, 0) is 25.0 Å². The molecule has 5 nitrogen and oxygen atoms in total. The summed E-state index contributed by atoms with van der Waals surface area (Å²) in [6, 6.07) is 3.25. The maximum Gasteiger partial charge on any atom is 0.287 e. The summed E-state index contributed by atoms with van der Waals surface area (Å²) in [6.45, 7) is 1.03. The fourth-order valence-electron chi connectivity index (χ4n) is 1.79. The number of nitrogens with one attached hydrogen (secondary N) is 1. The topological polar surface area (TPSA) is 71.7 Å². The summed E-state index contributed by atoms with van der Waals surface area (Å²) in [4.78, 5) is 11.8. The number of carbonyl (C=O) groups excluding carboxylic acids is 1. The van der Waals surface area contributed by atoms with Gasteiger partial charge in [0.1, 0.15) is 0 Å². The van der Waals surface area contributed by atoms with Crippen molar-refractivity contribution in [1.82, 2.24) is 5.32 Å². The predicted octanol–water partition coefficient (Wildman–Crippen LogP) is 0.551. The summed E-state index contributed by atoms with van der Waals surface area (Å²) < 4.78 is 10.2. The Morgan fingerprint density at radius 2 is 2.25 bits per heavy atom. The lowest BCUT2D eigenvalue weighted by Crippen LogP contribution is -2.54. The summed E-state index contributed by atoms with van der Waals surface area (Å²) >= 11 is 0. The Balaban J connectivity index is 2.03. The third-order valence-electron chi connectivity index (χ3n) is 2.88. The van der Waals surface area contributed by atoms with Gasteiger partial charge in [0.25, 0.3) is 5.91 Å². The SMILES string of the molecule is O=C(NC1(CO)CCOCC1)c1ccco1. The van der Waals surface area contributed by atoms with Gasteiger partial charge >= 0.3 is 0 Å². The number of furan rings is 1. The molecule has 0 atom stereocenters. The van der Waals surface area contributed by atoms with E-state index in [1.165, 1.54) is 6.26 Å². The van der Waals surface area contributed by atoms with Crippen LogP contribution in [0.25, 0.3) is 0 Å². The Labute approximate surface area is 93.4 Å². The number of hydrogen-bond acceptors (Lipinski definition) is 4. The lowest BCUT2D eigenvalue weighted by Gasteiger charge is -2.35. The monoisotopic (exact) mass is 225 g/mol. The minimum absolute atomic E-state index is 0.0805. The first-order valence-corrected chi connectivity index (χ1v) is 5.30. The van der Waals surface area contributed by atoms with E-state index >= 15 is 0 Å². The molecule has 0 aliphatic carbocycles. The molecule has 1 aliphatic heterocycles. The first-order chi connectivity index (χ1) is 7.76. The first kappa shape index (κ1) is 11.2. The second-order valence-electron chi connectivity index (χ2n) is 3.98. The van der Waals surface area contributed by atoms with Crippen molar-refractivity contribution in [2.24, 2.45) is 0 Å². The van der Waals surface area contributed by atoms with Crippen LogP contribution in [0.1, 0.15) is 23.4 Å². The van der Waals surface area contributed by atoms with Gasteiger partial charge in [0.2, 0.25) is 0 Å². The van der Waals surface area contributed by atoms with Gasteiger partial charge in [-0.15, -0.1) is 0 Å². The van der Waals surface area contributed by atoms with Crippen molar-refractivity contribution in [1.29, 1.82) is 0 Å². The normalized spacial score (nSPS) is 19.3. The molecule has 0 radical (unpaired) electrons. The Morgan fingerprint density at radius 1 is 1.50 bits per heavy atom. The van der Waals surface area contributed by atoms with Crippen LogP contribution >= 0.6 is 0 Å². The van der Waals surface area contributed by atoms with E-state index in [0.717, 1.165) is 0 Å². The molecule has 0 unspecified atom stereocenters. The van der Waals surface area contributed by atoms with Crippen LogP contribution in [0, 0.1) is 0 Å². The van der Waals surface area contributed by atoms with Crippen molar-refractivity contribution in [2.45, 2.75) is 18.4 Å². The molecule has 1 aliphatic rings. The van der Waals surface area contributed by atoms with Crippen molar-refractivity contribution in [3.8, 4) is 0 Å². The highest BCUT2D eigenvalue weighted by Crippen LogP contribution is 2.20. The maximum absolute atomic E-state index is 11.8. The standard InChI is InChI=1S/C11H15NO4/c13-8-11(3-6-15-7-4-11)12-10(14)9-2-1-5-16-9/h1-2,5,13H,3-4,6-8H2,(H,12,14). The fourth-order valence-corrected chi connectivity index (χ4v) is 1.79. The molecule has 88 valence electrons. The number of ether oxygens (including phenoxy) is 1. The average Bonchev–Trinajstić information content (AvgIpc) is 2.84. The van der Waals surface area contributed by atoms with Crippen molar-refractivity contribution in [2.75, 3.05) is 19.8 Å². The third kappa shape index (κ3) is 2.25. The van der Waals surface area contributed by atoms with Gasteiger partial charge in [-0.2, -0.15) is 0 Å². The largest absolute Gasteiger partial charge is 0.459 e. The molecule has 2 rings (SSSR count). The van der Waals surface area contributed by atoms with E-state index < -0.39 is 5.54 Å². The zero-order chi connectivity index (χ0) is 11.4. The van der Waals surface area contributed by atoms with E-state index in [-0.39, 0.29) is 18.3 Å². The summed E-state index contributed by atoms with van der Waals surface area (Å²) in [5.41, 5.74) is -0.567. The van der Waals surface area contributed by atoms with Crippen LogP contribution in [0.5, 0.6) is 0 Å². The van der Waals surface area contributed by atoms with Crippen LogP contribution in [0.2, 0.25) is 0 Å². The Hall–Kier alpha value is -1.33. The van der Waals surface area contributed by atoms with Gasteiger partial charge in [0.15, 0.2) is 5.76 Å². The highest BCUT2D eigenvalue weighted by molar-refractivity contribution is 5.91. The number of amides is 1. The molecule has 0 saturated carbocycles. The van der Waals surface area contributed by atoms with Crippen molar-refractivity contribution in [3.63, 3.8) is 0 Å². The number of aliphatic hydroxyl groups is 1. The van der Waals surface area contributed by atoms with Crippen LogP contribution in [-0.2, 0) is 4.74 Å². The van der Waals surface area contributed by atoms with Gasteiger partial charge in [0.05, 0.1) is 18.4 Å². The van der Waals surface area contributed by atoms with Crippen LogP contribution in [0.4, 0.5) is 0 Å². The molecule has 0 bridgehead atoms. The third-order valence-corrected chi connectivity index (χ3v) is 2.88. The molecule has 1 amide bonds. The minimum atomic E-state index is -0.567. The van der Waals surface area contributed by atoms with Crippen LogP contribution in [-0.4, -0.2) is 36.4 Å². The molecular formula is C11H15NO4. The predicted molar refractivity (Wildman–Crippen MR) is 56.0 cm³/mol. The van der Waals surface area contributed by atoms with E-state index in [0.29, 0.717) is 26.1 Å². The first-order valence-electron chi connectivity index (χ1n) is 5.30. The molecule has 2 heterocycles. The molecule has 0 spiro atoms. The number of hydrogen-bond donors (Lipinski definition) is 2. The van der Waals surface area contributed by atoms with Gasteiger partial charge < -0.3 is 19.6 Å². The second kappa shape index (κ2) is 4.67. The zero-order valence-electron chi connectivity index (χ0n) is 8.94. The molecule has 16 heavy (non-hydrogen) atoms. The quantitative estimate of drug-likeness (QED) is 0.788. The van der Waals surface area contributed by atoms with E-state index in [1.807, 2.05) is 0 Å². The summed E-state index contributed by atoms with van der Waals surface area (Å²) in [5, 5.41) is 12.2. The number of rotatable bonds is 3. The van der Waals surface area contributed by atoms with Crippen LogP contribution < -0.4 is 5.32 Å². The zero-order valence-corrected chi connectivity index (χ0v) is 8.94. The number of aliphatic hydroxyl groups excluding tert-OH is 1. The summed E-state index contributed by atoms with van der Waals surface area (Å²) in [5.74, 6) is -0.0275. The molecule has 1 aromatic rings. The van der Waals surface area contributed by atoms with E-state index in [1.54, 1.807) is 12.1 Å². The lowest BCUT2D eigenvalue weighted by molar-refractivity contribution is 0.0120. The van der Waals surface area contributed by atoms with Gasteiger partial charge in [0, 0.05) is 13.2 Å². The van der Waals surface area contributed by atoms with Crippen LogP contribution in [0.3, 0.4) is 0 Å². The molecule has 1 aromatic heterocycles. The van der Waals surface area contributed by atoms with E-state index in [2.05, 4.69) is 5.32 Å². The number of carbonyl (C=O) groups is 1. The van der Waals surface area contributed by atoms with E-state index in [4.69, 9.17) is 9.15 Å². The highest BCUT2D eigenvalue weighted by Gasteiger charge is 2.34. The molecule has 0 aromatic carbocycles. The Kier molecular flexibility index (Phi) is 3.26. The van der Waals surface area contributed by atoms with E-state index in [9.17, 15) is 9.90 Å². The van der Waals surface area contributed by atoms with Crippen molar-refractivity contribution >= 4 is 5.91 Å². The smallest absolute Gasteiger partial charge is 0.287 e. The lowest BCUT2D eigenvalue weighted by atomic mass is 9.91. The van der Waals surface area contributed by atoms with Gasteiger partial charge in [-0.1, -0.05) is 0 Å². The van der Waals surface area contributed by atoms with Gasteiger partial charge in [-0.3, -0.25) is 4.79 Å². The molecular weight excluding hydrogens is 210 g/mol. The van der Waals surface area contributed by atoms with Crippen molar-refractivity contribution < 1.29 is 19.1 Å². The van der Waals surface area contributed by atoms with Gasteiger partial charge in [-0.25, -0.2) is 0 Å². The molecule has 1 fully saturated rings. The summed E-state index contributed by atoms with van der Waals surface area (Å²) in [6.07, 6.45) is 2.69. The highest BCUT2D eigenvalue weighted by atomic mass is 16.5. The molecule has 5 heteroatoms. The van der Waals surface area contributed by atoms with Crippen LogP contribution in [0.15, 0.2) is 22.8 Å².